The molecule has 3 aliphatic heterocycles. The van der Waals surface area contributed by atoms with Crippen molar-refractivity contribution in [2.75, 3.05) is 26.7 Å². The summed E-state index contributed by atoms with van der Waals surface area (Å²) in [4.78, 5) is 35.5. The average Bonchev–Trinajstić information content (AvgIpc) is 2.92. The quantitative estimate of drug-likeness (QED) is 0.490. The van der Waals surface area contributed by atoms with Crippen molar-refractivity contribution in [3.05, 3.63) is 71.3 Å². The van der Waals surface area contributed by atoms with E-state index in [4.69, 9.17) is 14.3 Å². The first kappa shape index (κ1) is 24.5. The highest BCUT2D eigenvalue weighted by Gasteiger charge is 2.48. The van der Waals surface area contributed by atoms with Crippen molar-refractivity contribution in [3.63, 3.8) is 0 Å². The fourth-order valence-corrected chi connectivity index (χ4v) is 4.95. The van der Waals surface area contributed by atoms with Crippen LogP contribution in [0.1, 0.15) is 53.6 Å². The summed E-state index contributed by atoms with van der Waals surface area (Å²) in [5.74, 6) is 0.149. The number of nitrogens with zero attached hydrogens (tertiary/aromatic N) is 2. The summed E-state index contributed by atoms with van der Waals surface area (Å²) in [7, 11) is 2.09. The van der Waals surface area contributed by atoms with Crippen LogP contribution in [-0.4, -0.2) is 60.4 Å². The van der Waals surface area contributed by atoms with Crippen LogP contribution >= 0.6 is 0 Å². The van der Waals surface area contributed by atoms with Crippen LogP contribution in [0.4, 0.5) is 0 Å². The zero-order valence-corrected chi connectivity index (χ0v) is 20.7. The summed E-state index contributed by atoms with van der Waals surface area (Å²) in [6, 6.07) is 15.5. The molecule has 1 atom stereocenters. The minimum atomic E-state index is -0.664. The number of carbonyl (C=O) groups is 2. The summed E-state index contributed by atoms with van der Waals surface area (Å²) in [6.45, 7) is 2.84. The number of nitrogens with one attached hydrogen (secondary N) is 1. The molecule has 3 aliphatic rings. The molecule has 0 aliphatic carbocycles. The second-order valence-corrected chi connectivity index (χ2v) is 9.70. The fourth-order valence-electron chi connectivity index (χ4n) is 4.95. The van der Waals surface area contributed by atoms with Gasteiger partial charge in [0.05, 0.1) is 5.56 Å². The second-order valence-electron chi connectivity index (χ2n) is 9.70. The number of fused-ring (bicyclic) bond motifs is 1. The Hall–Kier alpha value is -3.20. The predicted octanol–water partition coefficient (Wildman–Crippen LogP) is 3.73. The molecule has 2 saturated heterocycles. The van der Waals surface area contributed by atoms with E-state index >= 15 is 0 Å². The Morgan fingerprint density at radius 3 is 2.72 bits per heavy atom. The molecule has 190 valence electrons. The van der Waals surface area contributed by atoms with Crippen molar-refractivity contribution in [1.29, 1.82) is 0 Å². The van der Waals surface area contributed by atoms with E-state index in [9.17, 15) is 9.59 Å². The molecule has 0 bridgehead atoms. The highest BCUT2D eigenvalue weighted by atomic mass is 16.8. The minimum absolute atomic E-state index is 0.0536. The number of ether oxygens (including phenoxy) is 2. The van der Waals surface area contributed by atoms with E-state index in [1.54, 1.807) is 12.1 Å². The molecule has 0 aromatic heterocycles. The van der Waals surface area contributed by atoms with E-state index in [2.05, 4.69) is 17.4 Å². The van der Waals surface area contributed by atoms with Crippen LogP contribution in [0.3, 0.4) is 0 Å². The number of carbonyl (C=O) groups excluding carboxylic acids is 2. The van der Waals surface area contributed by atoms with E-state index < -0.39 is 12.0 Å². The Balaban J connectivity index is 1.33. The lowest BCUT2D eigenvalue weighted by molar-refractivity contribution is -0.198. The van der Waals surface area contributed by atoms with Gasteiger partial charge >= 0.3 is 0 Å². The molecular formula is C28H33N3O5. The number of piperidine rings is 1. The number of hydroxylamine groups is 1. The van der Waals surface area contributed by atoms with Crippen LogP contribution < -0.4 is 10.2 Å². The summed E-state index contributed by atoms with van der Waals surface area (Å²) in [5, 5.41) is 0. The molecule has 8 heteroatoms. The molecule has 3 heterocycles. The normalized spacial score (nSPS) is 21.9. The molecule has 36 heavy (non-hydrogen) atoms. The maximum Gasteiger partial charge on any atom is 0.267 e. The van der Waals surface area contributed by atoms with Gasteiger partial charge in [0.1, 0.15) is 5.75 Å². The molecule has 8 nitrogen and oxygen atoms in total. The van der Waals surface area contributed by atoms with Gasteiger partial charge in [-0.3, -0.25) is 14.5 Å². The van der Waals surface area contributed by atoms with Gasteiger partial charge < -0.3 is 14.4 Å². The molecule has 0 radical (unpaired) electrons. The molecule has 1 N–H and O–H groups in total. The second kappa shape index (κ2) is 10.8. The van der Waals surface area contributed by atoms with Crippen LogP contribution in [0.2, 0.25) is 0 Å². The minimum Gasteiger partial charge on any atom is -0.467 e. The van der Waals surface area contributed by atoms with Crippen molar-refractivity contribution in [2.24, 2.45) is 0 Å². The Kier molecular flexibility index (Phi) is 7.36. The van der Waals surface area contributed by atoms with E-state index in [0.717, 1.165) is 56.3 Å². The topological polar surface area (TPSA) is 80.3 Å². The van der Waals surface area contributed by atoms with Gasteiger partial charge in [-0.05, 0) is 49.2 Å². The Morgan fingerprint density at radius 2 is 1.97 bits per heavy atom. The molecular weight excluding hydrogens is 458 g/mol. The fraction of sp³-hybridized carbons (Fsp3) is 0.429. The summed E-state index contributed by atoms with van der Waals surface area (Å²) in [5.41, 5.74) is 4.05. The maximum atomic E-state index is 13.8. The Bertz CT molecular complexity index is 1110. The molecule has 2 amide bonds. The number of hydrogen-bond acceptors (Lipinski definition) is 6. The lowest BCUT2D eigenvalue weighted by Gasteiger charge is -2.50. The molecule has 2 fully saturated rings. The molecule has 1 unspecified atom stereocenters. The molecule has 2 aromatic rings. The SMILES string of the molecule is CN1CCC2(CC1)Oc1ccc(/C=C/C(=O)NOC3CCCCO3)cc1C(=O)N2Cc1ccccc1. The number of benzene rings is 2. The van der Waals surface area contributed by atoms with Crippen LogP contribution in [0, 0.1) is 0 Å². The number of likely N-dealkylation sites (tertiary alicyclic amines) is 1. The largest absolute Gasteiger partial charge is 0.467 e. The number of rotatable bonds is 6. The summed E-state index contributed by atoms with van der Waals surface area (Å²) < 4.78 is 12.0. The number of hydrogen-bond donors (Lipinski definition) is 1. The standard InChI is InChI=1S/C28H33N3O5/c1-30-16-14-28(15-17-30)31(20-22-7-3-2-4-8-22)27(33)23-19-21(10-12-24(23)35-28)11-13-25(32)29-36-26-9-5-6-18-34-26/h2-4,7-8,10-13,19,26H,5-6,9,14-18,20H2,1H3,(H,29,32)/b13-11+. The Labute approximate surface area is 211 Å². The van der Waals surface area contributed by atoms with E-state index in [-0.39, 0.29) is 11.8 Å². The van der Waals surface area contributed by atoms with Crippen molar-refractivity contribution < 1.29 is 23.9 Å². The van der Waals surface area contributed by atoms with Gasteiger partial charge in [-0.15, -0.1) is 0 Å². The van der Waals surface area contributed by atoms with Gasteiger partial charge in [-0.1, -0.05) is 36.4 Å². The maximum absolute atomic E-state index is 13.8. The lowest BCUT2D eigenvalue weighted by atomic mass is 9.93. The van der Waals surface area contributed by atoms with E-state index in [1.807, 2.05) is 47.4 Å². The first-order valence-electron chi connectivity index (χ1n) is 12.7. The zero-order valence-electron chi connectivity index (χ0n) is 20.7. The van der Waals surface area contributed by atoms with Crippen LogP contribution in [0.25, 0.3) is 6.08 Å². The first-order chi connectivity index (χ1) is 17.5. The van der Waals surface area contributed by atoms with Gasteiger partial charge in [-0.25, -0.2) is 10.3 Å². The summed E-state index contributed by atoms with van der Waals surface area (Å²) >= 11 is 0. The van der Waals surface area contributed by atoms with Gasteiger partial charge in [-0.2, -0.15) is 0 Å². The van der Waals surface area contributed by atoms with Gasteiger partial charge in [0.2, 0.25) is 0 Å². The Morgan fingerprint density at radius 1 is 1.17 bits per heavy atom. The third kappa shape index (κ3) is 5.46. The van der Waals surface area contributed by atoms with Crippen molar-refractivity contribution in [2.45, 2.75) is 50.7 Å². The summed E-state index contributed by atoms with van der Waals surface area (Å²) in [6.07, 6.45) is 6.91. The molecule has 5 rings (SSSR count). The van der Waals surface area contributed by atoms with E-state index in [0.29, 0.717) is 24.5 Å². The molecule has 2 aromatic carbocycles. The first-order valence-corrected chi connectivity index (χ1v) is 12.7. The highest BCUT2D eigenvalue weighted by molar-refractivity contribution is 5.99. The average molecular weight is 492 g/mol. The lowest BCUT2D eigenvalue weighted by Crippen LogP contribution is -2.62. The third-order valence-electron chi connectivity index (χ3n) is 7.08. The van der Waals surface area contributed by atoms with Crippen molar-refractivity contribution >= 4 is 17.9 Å². The van der Waals surface area contributed by atoms with Crippen molar-refractivity contribution in [3.8, 4) is 5.75 Å². The highest BCUT2D eigenvalue weighted by Crippen LogP contribution is 2.40. The van der Waals surface area contributed by atoms with E-state index in [1.165, 1.54) is 6.08 Å². The third-order valence-corrected chi connectivity index (χ3v) is 7.08. The van der Waals surface area contributed by atoms with Crippen LogP contribution in [0.5, 0.6) is 5.75 Å². The zero-order chi connectivity index (χ0) is 25.0. The van der Waals surface area contributed by atoms with Crippen LogP contribution in [-0.2, 0) is 20.9 Å². The van der Waals surface area contributed by atoms with Crippen molar-refractivity contribution in [1.82, 2.24) is 15.3 Å². The van der Waals surface area contributed by atoms with Crippen LogP contribution in [0.15, 0.2) is 54.6 Å². The number of amides is 2. The predicted molar refractivity (Wildman–Crippen MR) is 135 cm³/mol. The molecule has 1 spiro atoms. The molecule has 0 saturated carbocycles. The van der Waals surface area contributed by atoms with Gasteiger partial charge in [0.15, 0.2) is 12.0 Å². The monoisotopic (exact) mass is 491 g/mol. The van der Waals surface area contributed by atoms with Gasteiger partial charge in [0, 0.05) is 51.6 Å². The smallest absolute Gasteiger partial charge is 0.267 e. The van der Waals surface area contributed by atoms with Gasteiger partial charge in [0.25, 0.3) is 11.8 Å².